The van der Waals surface area contributed by atoms with Crippen LogP contribution in [-0.4, -0.2) is 17.2 Å². The molecule has 1 aromatic rings. The third-order valence-corrected chi connectivity index (χ3v) is 0.797. The van der Waals surface area contributed by atoms with Gasteiger partial charge in [0, 0.05) is 6.07 Å². The standard InChI is InChI=1S/C5H3NO3/c7-3-5(8)4-1-2-9-6-4/h1-3H. The lowest BCUT2D eigenvalue weighted by Gasteiger charge is -1.75. The summed E-state index contributed by atoms with van der Waals surface area (Å²) in [5.74, 6) is -0.663. The van der Waals surface area contributed by atoms with Crippen LogP contribution in [0.4, 0.5) is 0 Å². The summed E-state index contributed by atoms with van der Waals surface area (Å²) in [7, 11) is 0. The highest BCUT2D eigenvalue weighted by atomic mass is 16.5. The Kier molecular flexibility index (Phi) is 1.40. The van der Waals surface area contributed by atoms with Gasteiger partial charge in [-0.05, 0) is 0 Å². The van der Waals surface area contributed by atoms with E-state index in [4.69, 9.17) is 0 Å². The van der Waals surface area contributed by atoms with Crippen molar-refractivity contribution in [3.05, 3.63) is 18.0 Å². The van der Waals surface area contributed by atoms with Crippen molar-refractivity contribution in [3.8, 4) is 0 Å². The maximum absolute atomic E-state index is 10.4. The van der Waals surface area contributed by atoms with E-state index < -0.39 is 5.78 Å². The number of hydrogen-bond donors (Lipinski definition) is 0. The van der Waals surface area contributed by atoms with Crippen molar-refractivity contribution in [2.75, 3.05) is 0 Å². The molecule has 4 heteroatoms. The van der Waals surface area contributed by atoms with Gasteiger partial charge in [-0.1, -0.05) is 5.16 Å². The summed E-state index contributed by atoms with van der Waals surface area (Å²) in [6.07, 6.45) is 1.43. The molecule has 1 rings (SSSR count). The van der Waals surface area contributed by atoms with Crippen LogP contribution in [0.1, 0.15) is 10.5 Å². The maximum Gasteiger partial charge on any atom is 0.247 e. The molecule has 0 unspecified atom stereocenters. The fourth-order valence-corrected chi connectivity index (χ4v) is 0.400. The highest BCUT2D eigenvalue weighted by molar-refractivity contribution is 6.32. The lowest BCUT2D eigenvalue weighted by Crippen LogP contribution is -1.98. The first kappa shape index (κ1) is 5.68. The Morgan fingerprint density at radius 3 is 3.00 bits per heavy atom. The second kappa shape index (κ2) is 2.21. The van der Waals surface area contributed by atoms with Crippen LogP contribution in [0.5, 0.6) is 0 Å². The minimum absolute atomic E-state index is 0.0463. The molecule has 1 aromatic heterocycles. The first-order valence-corrected chi connectivity index (χ1v) is 2.24. The van der Waals surface area contributed by atoms with E-state index in [0.717, 1.165) is 0 Å². The molecule has 4 nitrogen and oxygen atoms in total. The van der Waals surface area contributed by atoms with E-state index in [0.29, 0.717) is 0 Å². The zero-order valence-corrected chi connectivity index (χ0v) is 4.40. The third-order valence-electron chi connectivity index (χ3n) is 0.797. The number of carbonyl (C=O) groups excluding carboxylic acids is 2. The molecule has 0 saturated carbocycles. The molecule has 0 bridgehead atoms. The Balaban J connectivity index is 2.89. The lowest BCUT2D eigenvalue weighted by atomic mass is 10.3. The summed E-state index contributed by atoms with van der Waals surface area (Å²) >= 11 is 0. The fraction of sp³-hybridized carbons (Fsp3) is 0. The molecular weight excluding hydrogens is 122 g/mol. The first-order valence-electron chi connectivity index (χ1n) is 2.24. The number of Topliss-reactive ketones (excluding diaryl/α,β-unsaturated/α-hetero) is 1. The summed E-state index contributed by atoms with van der Waals surface area (Å²) in [6.45, 7) is 0. The third kappa shape index (κ3) is 1.02. The Morgan fingerprint density at radius 2 is 2.56 bits per heavy atom. The van der Waals surface area contributed by atoms with Gasteiger partial charge in [-0.15, -0.1) is 0 Å². The summed E-state index contributed by atoms with van der Waals surface area (Å²) in [5.41, 5.74) is 0.0463. The summed E-state index contributed by atoms with van der Waals surface area (Å²) in [5, 5.41) is 3.23. The normalized spacial score (nSPS) is 8.89. The van der Waals surface area contributed by atoms with E-state index in [9.17, 15) is 9.59 Å². The average Bonchev–Trinajstić information content (AvgIpc) is 2.37. The van der Waals surface area contributed by atoms with Crippen molar-refractivity contribution < 1.29 is 14.1 Å². The number of aldehydes is 1. The van der Waals surface area contributed by atoms with E-state index in [1.807, 2.05) is 0 Å². The van der Waals surface area contributed by atoms with Crippen molar-refractivity contribution in [1.29, 1.82) is 0 Å². The molecule has 0 aliphatic carbocycles. The topological polar surface area (TPSA) is 60.2 Å². The van der Waals surface area contributed by atoms with Crippen molar-refractivity contribution in [2.45, 2.75) is 0 Å². The number of hydrogen-bond acceptors (Lipinski definition) is 4. The van der Waals surface area contributed by atoms with Crippen LogP contribution in [0.3, 0.4) is 0 Å². The van der Waals surface area contributed by atoms with E-state index in [2.05, 4.69) is 9.68 Å². The number of rotatable bonds is 2. The Bertz CT molecular complexity index is 214. The van der Waals surface area contributed by atoms with Gasteiger partial charge < -0.3 is 4.52 Å². The molecule has 0 aliphatic heterocycles. The van der Waals surface area contributed by atoms with Gasteiger partial charge >= 0.3 is 0 Å². The van der Waals surface area contributed by atoms with Crippen LogP contribution in [0.15, 0.2) is 16.9 Å². The number of nitrogens with zero attached hydrogens (tertiary/aromatic N) is 1. The van der Waals surface area contributed by atoms with Crippen LogP contribution < -0.4 is 0 Å². The van der Waals surface area contributed by atoms with Gasteiger partial charge in [0.05, 0.1) is 0 Å². The Hall–Kier alpha value is -1.45. The molecule has 0 fully saturated rings. The van der Waals surface area contributed by atoms with Gasteiger partial charge in [0.25, 0.3) is 0 Å². The molecule has 1 heterocycles. The Morgan fingerprint density at radius 1 is 1.78 bits per heavy atom. The van der Waals surface area contributed by atoms with Gasteiger partial charge in [0.2, 0.25) is 5.78 Å². The molecule has 46 valence electrons. The van der Waals surface area contributed by atoms with Crippen molar-refractivity contribution in [3.63, 3.8) is 0 Å². The van der Waals surface area contributed by atoms with Gasteiger partial charge in [0.15, 0.2) is 12.0 Å². The molecule has 0 N–H and O–H groups in total. The minimum atomic E-state index is -0.663. The molecule has 0 aliphatic rings. The quantitative estimate of drug-likeness (QED) is 0.318. The molecule has 0 amide bonds. The second-order valence-electron chi connectivity index (χ2n) is 1.37. The van der Waals surface area contributed by atoms with Gasteiger partial charge in [-0.25, -0.2) is 0 Å². The highest BCUT2D eigenvalue weighted by Crippen LogP contribution is 1.92. The molecule has 0 aromatic carbocycles. The zero-order valence-electron chi connectivity index (χ0n) is 4.40. The van der Waals surface area contributed by atoms with E-state index >= 15 is 0 Å². The van der Waals surface area contributed by atoms with Gasteiger partial charge in [-0.3, -0.25) is 9.59 Å². The van der Waals surface area contributed by atoms with E-state index in [-0.39, 0.29) is 12.0 Å². The molecule has 9 heavy (non-hydrogen) atoms. The molecule has 0 atom stereocenters. The largest absolute Gasteiger partial charge is 0.364 e. The molecule has 0 radical (unpaired) electrons. The van der Waals surface area contributed by atoms with Crippen LogP contribution in [-0.2, 0) is 4.79 Å². The lowest BCUT2D eigenvalue weighted by molar-refractivity contribution is -0.104. The zero-order chi connectivity index (χ0) is 6.69. The molecule has 0 saturated heterocycles. The van der Waals surface area contributed by atoms with Crippen molar-refractivity contribution in [2.24, 2.45) is 0 Å². The van der Waals surface area contributed by atoms with Gasteiger partial charge in [-0.2, -0.15) is 0 Å². The fourth-order valence-electron chi connectivity index (χ4n) is 0.400. The van der Waals surface area contributed by atoms with Gasteiger partial charge in [0.1, 0.15) is 6.26 Å². The summed E-state index contributed by atoms with van der Waals surface area (Å²) < 4.78 is 4.31. The first-order chi connectivity index (χ1) is 4.34. The van der Waals surface area contributed by atoms with Crippen LogP contribution in [0.2, 0.25) is 0 Å². The number of aromatic nitrogens is 1. The monoisotopic (exact) mass is 125 g/mol. The summed E-state index contributed by atoms with van der Waals surface area (Å²) in [4.78, 5) is 20.2. The van der Waals surface area contributed by atoms with Crippen molar-refractivity contribution in [1.82, 2.24) is 5.16 Å². The minimum Gasteiger partial charge on any atom is -0.364 e. The molecular formula is C5H3NO3. The van der Waals surface area contributed by atoms with Crippen LogP contribution in [0, 0.1) is 0 Å². The van der Waals surface area contributed by atoms with E-state index in [1.54, 1.807) is 0 Å². The molecule has 0 spiro atoms. The SMILES string of the molecule is O=CC(=O)c1ccon1. The van der Waals surface area contributed by atoms with Crippen LogP contribution in [0.25, 0.3) is 0 Å². The average molecular weight is 125 g/mol. The summed E-state index contributed by atoms with van der Waals surface area (Å²) in [6, 6.07) is 1.33. The predicted molar refractivity (Wildman–Crippen MR) is 26.9 cm³/mol. The number of ketones is 1. The number of carbonyl (C=O) groups is 2. The Labute approximate surface area is 50.4 Å². The van der Waals surface area contributed by atoms with Crippen molar-refractivity contribution >= 4 is 12.1 Å². The maximum atomic E-state index is 10.4. The van der Waals surface area contributed by atoms with Crippen LogP contribution >= 0.6 is 0 Å². The smallest absolute Gasteiger partial charge is 0.247 e. The highest BCUT2D eigenvalue weighted by Gasteiger charge is 2.04. The predicted octanol–water partition coefficient (Wildman–Crippen LogP) is 0.0562. The van der Waals surface area contributed by atoms with E-state index in [1.165, 1.54) is 12.3 Å². The second-order valence-corrected chi connectivity index (χ2v) is 1.37.